The second-order valence-electron chi connectivity index (χ2n) is 6.02. The van der Waals surface area contributed by atoms with Gasteiger partial charge in [0.05, 0.1) is 4.92 Å². The lowest BCUT2D eigenvalue weighted by Crippen LogP contribution is -2.38. The van der Waals surface area contributed by atoms with Gasteiger partial charge in [-0.05, 0) is 36.8 Å². The number of nitrogens with zero attached hydrogens (tertiary/aromatic N) is 2. The molecule has 1 heterocycles. The molecule has 1 aliphatic heterocycles. The number of nitro groups is 1. The Kier molecular flexibility index (Phi) is 4.20. The molecule has 1 aliphatic rings. The lowest BCUT2D eigenvalue weighted by Gasteiger charge is -2.35. The normalized spacial score (nSPS) is 24.4. The number of hydrogen-bond donors (Lipinski definition) is 0. The van der Waals surface area contributed by atoms with E-state index in [9.17, 15) is 10.1 Å². The molecule has 0 amide bonds. The molecule has 0 bridgehead atoms. The first-order chi connectivity index (χ1) is 8.95. The Labute approximate surface area is 114 Å². The summed E-state index contributed by atoms with van der Waals surface area (Å²) in [6.45, 7) is 9.55. The molecule has 0 aliphatic carbocycles. The van der Waals surface area contributed by atoms with E-state index in [2.05, 4.69) is 18.7 Å². The third-order valence-corrected chi connectivity index (χ3v) is 3.81. The summed E-state index contributed by atoms with van der Waals surface area (Å²) in [7, 11) is 0. The molecule has 2 atom stereocenters. The van der Waals surface area contributed by atoms with Gasteiger partial charge in [0.15, 0.2) is 0 Å². The van der Waals surface area contributed by atoms with Gasteiger partial charge in [0.2, 0.25) is 0 Å². The van der Waals surface area contributed by atoms with Crippen LogP contribution in [0.15, 0.2) is 18.2 Å². The van der Waals surface area contributed by atoms with Crippen molar-refractivity contribution in [3.05, 3.63) is 39.4 Å². The largest absolute Gasteiger partial charge is 0.299 e. The van der Waals surface area contributed by atoms with Gasteiger partial charge in [0.25, 0.3) is 5.69 Å². The van der Waals surface area contributed by atoms with Crippen LogP contribution in [0.2, 0.25) is 0 Å². The van der Waals surface area contributed by atoms with E-state index in [0.717, 1.165) is 37.0 Å². The summed E-state index contributed by atoms with van der Waals surface area (Å²) in [6.07, 6.45) is 1.30. The van der Waals surface area contributed by atoms with E-state index >= 15 is 0 Å². The van der Waals surface area contributed by atoms with Crippen LogP contribution < -0.4 is 0 Å². The highest BCUT2D eigenvalue weighted by molar-refractivity contribution is 5.41. The highest BCUT2D eigenvalue weighted by Crippen LogP contribution is 2.24. The third-order valence-electron chi connectivity index (χ3n) is 3.81. The van der Waals surface area contributed by atoms with Crippen LogP contribution >= 0.6 is 0 Å². The van der Waals surface area contributed by atoms with Gasteiger partial charge in [-0.2, -0.15) is 0 Å². The van der Waals surface area contributed by atoms with Gasteiger partial charge in [0.1, 0.15) is 0 Å². The van der Waals surface area contributed by atoms with Gasteiger partial charge in [-0.3, -0.25) is 15.0 Å². The van der Waals surface area contributed by atoms with Gasteiger partial charge < -0.3 is 0 Å². The first-order valence-electron chi connectivity index (χ1n) is 6.92. The Hall–Kier alpha value is -1.42. The standard InChI is InChI=1S/C15H22N2O2/c1-11-6-12(2)9-16(8-11)10-14-4-5-15(17(18)19)13(3)7-14/h4-5,7,11-12H,6,8-10H2,1-3H3. The van der Waals surface area contributed by atoms with Crippen molar-refractivity contribution in [3.8, 4) is 0 Å². The number of piperidine rings is 1. The lowest BCUT2D eigenvalue weighted by molar-refractivity contribution is -0.385. The molecular formula is C15H22N2O2. The van der Waals surface area contributed by atoms with Crippen LogP contribution in [-0.2, 0) is 6.54 Å². The molecule has 0 radical (unpaired) electrons. The summed E-state index contributed by atoms with van der Waals surface area (Å²) in [5, 5.41) is 10.8. The van der Waals surface area contributed by atoms with Crippen LogP contribution in [0.4, 0.5) is 5.69 Å². The molecule has 0 saturated carbocycles. The molecule has 1 aromatic rings. The lowest BCUT2D eigenvalue weighted by atomic mass is 9.91. The van der Waals surface area contributed by atoms with Gasteiger partial charge in [0, 0.05) is 31.3 Å². The fourth-order valence-electron chi connectivity index (χ4n) is 3.20. The molecule has 0 N–H and O–H groups in total. The molecular weight excluding hydrogens is 240 g/mol. The molecule has 2 rings (SSSR count). The van der Waals surface area contributed by atoms with Crippen molar-refractivity contribution in [1.29, 1.82) is 0 Å². The van der Waals surface area contributed by atoms with Crippen molar-refractivity contribution in [2.75, 3.05) is 13.1 Å². The SMILES string of the molecule is Cc1cc(CN2CC(C)CC(C)C2)ccc1[N+](=O)[O-]. The Morgan fingerprint density at radius 2 is 1.95 bits per heavy atom. The number of rotatable bonds is 3. The van der Waals surface area contributed by atoms with Crippen LogP contribution in [0, 0.1) is 28.9 Å². The van der Waals surface area contributed by atoms with Crippen molar-refractivity contribution < 1.29 is 4.92 Å². The minimum Gasteiger partial charge on any atom is -0.299 e. The smallest absolute Gasteiger partial charge is 0.272 e. The molecule has 1 saturated heterocycles. The molecule has 0 aromatic heterocycles. The summed E-state index contributed by atoms with van der Waals surface area (Å²) >= 11 is 0. The number of nitro benzene ring substituents is 1. The minimum atomic E-state index is -0.315. The summed E-state index contributed by atoms with van der Waals surface area (Å²) in [5.74, 6) is 1.48. The van der Waals surface area contributed by atoms with Crippen LogP contribution in [0.25, 0.3) is 0 Å². The van der Waals surface area contributed by atoms with Gasteiger partial charge in [-0.1, -0.05) is 19.9 Å². The molecule has 1 aromatic carbocycles. The summed E-state index contributed by atoms with van der Waals surface area (Å²) in [4.78, 5) is 12.9. The highest BCUT2D eigenvalue weighted by atomic mass is 16.6. The van der Waals surface area contributed by atoms with Crippen LogP contribution in [-0.4, -0.2) is 22.9 Å². The second-order valence-corrected chi connectivity index (χ2v) is 6.02. The Bertz CT molecular complexity index is 463. The predicted molar refractivity (Wildman–Crippen MR) is 76.1 cm³/mol. The van der Waals surface area contributed by atoms with E-state index in [1.165, 1.54) is 12.0 Å². The topological polar surface area (TPSA) is 46.4 Å². The molecule has 4 heteroatoms. The Balaban J connectivity index is 2.07. The third kappa shape index (κ3) is 3.53. The molecule has 104 valence electrons. The number of benzene rings is 1. The maximum atomic E-state index is 10.8. The molecule has 19 heavy (non-hydrogen) atoms. The number of hydrogen-bond acceptors (Lipinski definition) is 3. The summed E-state index contributed by atoms with van der Waals surface area (Å²) in [6, 6.07) is 5.46. The van der Waals surface area contributed by atoms with Crippen molar-refractivity contribution >= 4 is 5.69 Å². The van der Waals surface area contributed by atoms with E-state index in [4.69, 9.17) is 0 Å². The van der Waals surface area contributed by atoms with Crippen LogP contribution in [0.1, 0.15) is 31.4 Å². The van der Waals surface area contributed by atoms with E-state index in [1.807, 2.05) is 19.1 Å². The Morgan fingerprint density at radius 3 is 2.47 bits per heavy atom. The first kappa shape index (κ1) is 14.0. The van der Waals surface area contributed by atoms with E-state index < -0.39 is 0 Å². The molecule has 4 nitrogen and oxygen atoms in total. The highest BCUT2D eigenvalue weighted by Gasteiger charge is 2.22. The zero-order valence-electron chi connectivity index (χ0n) is 11.9. The second kappa shape index (κ2) is 5.70. The fourth-order valence-corrected chi connectivity index (χ4v) is 3.20. The minimum absolute atomic E-state index is 0.212. The van der Waals surface area contributed by atoms with Gasteiger partial charge in [-0.25, -0.2) is 0 Å². The van der Waals surface area contributed by atoms with E-state index in [0.29, 0.717) is 0 Å². The predicted octanol–water partition coefficient (Wildman–Crippen LogP) is 3.38. The molecule has 0 spiro atoms. The zero-order chi connectivity index (χ0) is 14.0. The van der Waals surface area contributed by atoms with Gasteiger partial charge in [-0.15, -0.1) is 0 Å². The maximum absolute atomic E-state index is 10.8. The molecule has 1 fully saturated rings. The average Bonchev–Trinajstić information content (AvgIpc) is 2.26. The average molecular weight is 262 g/mol. The van der Waals surface area contributed by atoms with E-state index in [1.54, 1.807) is 6.07 Å². The van der Waals surface area contributed by atoms with Crippen molar-refractivity contribution in [2.45, 2.75) is 33.7 Å². The molecule has 2 unspecified atom stereocenters. The summed E-state index contributed by atoms with van der Waals surface area (Å²) < 4.78 is 0. The zero-order valence-corrected chi connectivity index (χ0v) is 11.9. The fraction of sp³-hybridized carbons (Fsp3) is 0.600. The van der Waals surface area contributed by atoms with Crippen molar-refractivity contribution in [2.24, 2.45) is 11.8 Å². The monoisotopic (exact) mass is 262 g/mol. The number of likely N-dealkylation sites (tertiary alicyclic amines) is 1. The van der Waals surface area contributed by atoms with E-state index in [-0.39, 0.29) is 10.6 Å². The van der Waals surface area contributed by atoms with Crippen molar-refractivity contribution in [3.63, 3.8) is 0 Å². The van der Waals surface area contributed by atoms with Crippen molar-refractivity contribution in [1.82, 2.24) is 4.90 Å². The van der Waals surface area contributed by atoms with Crippen LogP contribution in [0.5, 0.6) is 0 Å². The quantitative estimate of drug-likeness (QED) is 0.619. The van der Waals surface area contributed by atoms with Crippen LogP contribution in [0.3, 0.4) is 0 Å². The first-order valence-corrected chi connectivity index (χ1v) is 6.92. The van der Waals surface area contributed by atoms with Gasteiger partial charge >= 0.3 is 0 Å². The Morgan fingerprint density at radius 1 is 1.32 bits per heavy atom. The number of aryl methyl sites for hydroxylation is 1. The summed E-state index contributed by atoms with van der Waals surface area (Å²) in [5.41, 5.74) is 2.13. The maximum Gasteiger partial charge on any atom is 0.272 e.